The van der Waals surface area contributed by atoms with Crippen LogP contribution in [0.25, 0.3) is 0 Å². The summed E-state index contributed by atoms with van der Waals surface area (Å²) in [6.07, 6.45) is 19.4. The predicted octanol–water partition coefficient (Wildman–Crippen LogP) is 6.91. The molecule has 0 aromatic rings. The molecule has 0 aromatic carbocycles. The maximum absolute atomic E-state index is 5.77. The van der Waals surface area contributed by atoms with E-state index in [9.17, 15) is 0 Å². The number of unbranched alkanes of at least 4 members (excludes halogenated alkanes) is 12. The van der Waals surface area contributed by atoms with Crippen molar-refractivity contribution in [2.45, 2.75) is 116 Å². The van der Waals surface area contributed by atoms with Crippen molar-refractivity contribution in [1.29, 1.82) is 0 Å². The lowest BCUT2D eigenvalue weighted by atomic mass is 9.99. The number of hydrogen-bond acceptors (Lipinski definition) is 2. The normalized spacial score (nSPS) is 19.2. The molecule has 0 aliphatic carbocycles. The topological polar surface area (TPSA) is 15.8 Å². The van der Waals surface area contributed by atoms with Crippen LogP contribution < -0.4 is 0 Å². The highest BCUT2D eigenvalue weighted by Gasteiger charge is 2.49. The van der Waals surface area contributed by atoms with Crippen molar-refractivity contribution in [2.24, 2.45) is 0 Å². The van der Waals surface area contributed by atoms with Gasteiger partial charge in [-0.15, -0.1) is 0 Å². The van der Waals surface area contributed by atoms with Gasteiger partial charge in [0.15, 0.2) is 0 Å². The van der Waals surface area contributed by atoms with Crippen LogP contribution in [0.2, 0.25) is 0 Å². The van der Waals surface area contributed by atoms with Gasteiger partial charge in [-0.1, -0.05) is 103 Å². The third-order valence-corrected chi connectivity index (χ3v) is 6.25. The average molecular weight is 370 g/mol. The summed E-state index contributed by atoms with van der Waals surface area (Å²) in [4.78, 5) is 3.33. The van der Waals surface area contributed by atoms with E-state index in [1.54, 1.807) is 0 Å². The molecular formula is C22H43NOS. The van der Waals surface area contributed by atoms with Crippen LogP contribution >= 0.6 is 12.2 Å². The second kappa shape index (κ2) is 14.0. The van der Waals surface area contributed by atoms with Crippen LogP contribution in [0.5, 0.6) is 0 Å². The molecule has 148 valence electrons. The highest BCUT2D eigenvalue weighted by atomic mass is 32.1. The third kappa shape index (κ3) is 9.38. The summed E-state index contributed by atoms with van der Waals surface area (Å²) in [5.41, 5.74) is -0.0703. The monoisotopic (exact) mass is 369 g/mol. The average Bonchev–Trinajstić information content (AvgIpc) is 3.41. The van der Waals surface area contributed by atoms with Crippen molar-refractivity contribution in [3.8, 4) is 0 Å². The number of nitrogens with zero attached hydrogens (tertiary/aromatic N) is 1. The first kappa shape index (κ1) is 22.9. The van der Waals surface area contributed by atoms with Crippen molar-refractivity contribution < 1.29 is 4.74 Å². The summed E-state index contributed by atoms with van der Waals surface area (Å²) in [6, 6.07) is 0. The lowest BCUT2D eigenvalue weighted by Gasteiger charge is -2.26. The van der Waals surface area contributed by atoms with Crippen LogP contribution in [0.3, 0.4) is 0 Å². The van der Waals surface area contributed by atoms with Crippen molar-refractivity contribution in [3.63, 3.8) is 0 Å². The minimum absolute atomic E-state index is 0.0703. The molecule has 25 heavy (non-hydrogen) atoms. The molecule has 2 nitrogen and oxygen atoms in total. The molecule has 1 heterocycles. The van der Waals surface area contributed by atoms with E-state index in [0.29, 0.717) is 0 Å². The highest BCUT2D eigenvalue weighted by Crippen LogP contribution is 2.36. The number of thiocarbonyl (C=S) groups is 1. The molecule has 0 bridgehead atoms. The number of likely N-dealkylation sites (N-methyl/N-ethyl adjacent to an activating group) is 1. The molecule has 1 fully saturated rings. The molecule has 0 spiro atoms. The van der Waals surface area contributed by atoms with Crippen LogP contribution in [0.1, 0.15) is 111 Å². The zero-order valence-electron chi connectivity index (χ0n) is 17.3. The van der Waals surface area contributed by atoms with Crippen LogP contribution in [0.4, 0.5) is 0 Å². The Balaban J connectivity index is 1.91. The number of epoxide rings is 1. The molecule has 1 unspecified atom stereocenters. The molecule has 0 saturated carbocycles. The van der Waals surface area contributed by atoms with Crippen LogP contribution in [0.15, 0.2) is 0 Å². The molecule has 1 rings (SSSR count). The van der Waals surface area contributed by atoms with Crippen molar-refractivity contribution in [3.05, 3.63) is 0 Å². The SMILES string of the molecule is CCCCCCCCCCCCCCCC1(C(=S)N(CC)CC)CO1. The van der Waals surface area contributed by atoms with Gasteiger partial charge in [-0.3, -0.25) is 0 Å². The lowest BCUT2D eigenvalue weighted by Crippen LogP contribution is -2.39. The Bertz CT molecular complexity index is 337. The standard InChI is InChI=1S/C22H43NOS/c1-4-7-8-9-10-11-12-13-14-15-16-17-18-19-22(20-24-22)21(25)23(5-2)6-3/h4-20H2,1-3H3. The number of hydrogen-bond donors (Lipinski definition) is 0. The van der Waals surface area contributed by atoms with Gasteiger partial charge in [0, 0.05) is 13.1 Å². The maximum atomic E-state index is 5.77. The molecule has 1 aliphatic rings. The van der Waals surface area contributed by atoms with E-state index in [1.807, 2.05) is 0 Å². The largest absolute Gasteiger partial charge is 0.364 e. The summed E-state index contributed by atoms with van der Waals surface area (Å²) in [5.74, 6) is 0. The molecule has 0 N–H and O–H groups in total. The van der Waals surface area contributed by atoms with Crippen molar-refractivity contribution in [1.82, 2.24) is 4.90 Å². The third-order valence-electron chi connectivity index (χ3n) is 5.62. The Morgan fingerprint density at radius 2 is 1.16 bits per heavy atom. The van der Waals surface area contributed by atoms with Gasteiger partial charge in [0.2, 0.25) is 0 Å². The number of ether oxygens (including phenoxy) is 1. The van der Waals surface area contributed by atoms with E-state index >= 15 is 0 Å². The van der Waals surface area contributed by atoms with E-state index in [-0.39, 0.29) is 5.60 Å². The second-order valence-corrected chi connectivity index (χ2v) is 8.14. The molecule has 1 atom stereocenters. The van der Waals surface area contributed by atoms with E-state index < -0.39 is 0 Å². The maximum Gasteiger partial charge on any atom is 0.141 e. The fourth-order valence-corrected chi connectivity index (χ4v) is 4.17. The Morgan fingerprint density at radius 1 is 0.760 bits per heavy atom. The van der Waals surface area contributed by atoms with E-state index in [2.05, 4.69) is 25.7 Å². The summed E-state index contributed by atoms with van der Waals surface area (Å²) in [6.45, 7) is 9.49. The first-order valence-electron chi connectivity index (χ1n) is 11.1. The zero-order chi connectivity index (χ0) is 18.4. The van der Waals surface area contributed by atoms with E-state index in [4.69, 9.17) is 17.0 Å². The molecule has 3 heteroatoms. The lowest BCUT2D eigenvalue weighted by molar-refractivity contribution is 0.318. The first-order chi connectivity index (χ1) is 12.2. The van der Waals surface area contributed by atoms with Gasteiger partial charge >= 0.3 is 0 Å². The minimum atomic E-state index is -0.0703. The predicted molar refractivity (Wildman–Crippen MR) is 115 cm³/mol. The molecule has 0 amide bonds. The fraction of sp³-hybridized carbons (Fsp3) is 0.955. The highest BCUT2D eigenvalue weighted by molar-refractivity contribution is 7.80. The molecule has 0 aromatic heterocycles. The van der Waals surface area contributed by atoms with Gasteiger partial charge in [0.05, 0.1) is 6.61 Å². The van der Waals surface area contributed by atoms with Gasteiger partial charge in [0.25, 0.3) is 0 Å². The second-order valence-electron chi connectivity index (χ2n) is 7.75. The summed E-state index contributed by atoms with van der Waals surface area (Å²) >= 11 is 5.67. The molecule has 1 aliphatic heterocycles. The van der Waals surface area contributed by atoms with Gasteiger partial charge in [-0.05, 0) is 20.3 Å². The zero-order valence-corrected chi connectivity index (χ0v) is 18.1. The summed E-state index contributed by atoms with van der Waals surface area (Å²) in [7, 11) is 0. The smallest absolute Gasteiger partial charge is 0.141 e. The Kier molecular flexibility index (Phi) is 12.8. The number of rotatable bonds is 17. The van der Waals surface area contributed by atoms with Crippen LogP contribution in [0, 0.1) is 0 Å². The molecular weight excluding hydrogens is 326 g/mol. The molecule has 1 saturated heterocycles. The van der Waals surface area contributed by atoms with Crippen LogP contribution in [-0.2, 0) is 4.74 Å². The fourth-order valence-electron chi connectivity index (χ4n) is 3.69. The Morgan fingerprint density at radius 3 is 1.52 bits per heavy atom. The quantitative estimate of drug-likeness (QED) is 0.157. The molecule has 0 radical (unpaired) electrons. The van der Waals surface area contributed by atoms with Crippen molar-refractivity contribution >= 4 is 17.2 Å². The van der Waals surface area contributed by atoms with Gasteiger partial charge < -0.3 is 9.64 Å². The summed E-state index contributed by atoms with van der Waals surface area (Å²) in [5, 5.41) is 0. The van der Waals surface area contributed by atoms with Crippen molar-refractivity contribution in [2.75, 3.05) is 19.7 Å². The Labute approximate surface area is 163 Å². The minimum Gasteiger partial charge on any atom is -0.364 e. The van der Waals surface area contributed by atoms with Gasteiger partial charge in [-0.25, -0.2) is 0 Å². The van der Waals surface area contributed by atoms with Gasteiger partial charge in [0.1, 0.15) is 10.6 Å². The first-order valence-corrected chi connectivity index (χ1v) is 11.5. The Hall–Kier alpha value is -0.150. The summed E-state index contributed by atoms with van der Waals surface area (Å²) < 4.78 is 5.77. The van der Waals surface area contributed by atoms with E-state index in [0.717, 1.165) is 31.1 Å². The van der Waals surface area contributed by atoms with E-state index in [1.165, 1.54) is 83.5 Å². The van der Waals surface area contributed by atoms with Crippen LogP contribution in [-0.4, -0.2) is 35.2 Å². The van der Waals surface area contributed by atoms with Gasteiger partial charge in [-0.2, -0.15) is 0 Å².